The number of aryl methyl sites for hydroxylation is 2. The average molecular weight is 407 g/mol. The van der Waals surface area contributed by atoms with Gasteiger partial charge >= 0.3 is 0 Å². The Morgan fingerprint density at radius 1 is 1.18 bits per heavy atom. The van der Waals surface area contributed by atoms with Gasteiger partial charge in [-0.25, -0.2) is 8.42 Å². The lowest BCUT2D eigenvalue weighted by molar-refractivity contribution is -0.135. The molecular formula is C19H26N4O4S. The molecule has 3 rings (SSSR count). The van der Waals surface area contributed by atoms with Crippen LogP contribution in [-0.4, -0.2) is 87.0 Å². The molecule has 0 spiro atoms. The molecule has 8 nitrogen and oxygen atoms in total. The highest BCUT2D eigenvalue weighted by Gasteiger charge is 2.32. The first-order chi connectivity index (χ1) is 13.3. The van der Waals surface area contributed by atoms with Gasteiger partial charge in [-0.1, -0.05) is 6.07 Å². The van der Waals surface area contributed by atoms with Crippen molar-refractivity contribution in [2.45, 2.75) is 24.8 Å². The van der Waals surface area contributed by atoms with Crippen molar-refractivity contribution in [2.24, 2.45) is 0 Å². The van der Waals surface area contributed by atoms with Crippen LogP contribution >= 0.6 is 0 Å². The standard InChI is InChI=1S/C19H26N4O4S/c1-15-3-4-18(11-16(15)2)28(25,26)23-7-5-21(6-8-23)19(24)13-22-9-10-27-14-17(22)12-20/h3-4,11,17H,5-10,13-14H2,1-2H3/t17-/m1/s1. The molecule has 2 fully saturated rings. The fourth-order valence-corrected chi connectivity index (χ4v) is 4.93. The van der Waals surface area contributed by atoms with E-state index >= 15 is 0 Å². The van der Waals surface area contributed by atoms with Crippen molar-refractivity contribution in [3.8, 4) is 6.07 Å². The van der Waals surface area contributed by atoms with Crippen LogP contribution in [-0.2, 0) is 19.6 Å². The molecule has 0 saturated carbocycles. The molecule has 0 bridgehead atoms. The van der Waals surface area contributed by atoms with Crippen molar-refractivity contribution in [1.82, 2.24) is 14.1 Å². The molecule has 2 heterocycles. The molecule has 1 atom stereocenters. The highest BCUT2D eigenvalue weighted by molar-refractivity contribution is 7.89. The van der Waals surface area contributed by atoms with Gasteiger partial charge in [0.25, 0.3) is 0 Å². The molecule has 9 heteroatoms. The van der Waals surface area contributed by atoms with Crippen LogP contribution in [0, 0.1) is 25.2 Å². The number of morpholine rings is 1. The molecule has 2 saturated heterocycles. The molecule has 0 radical (unpaired) electrons. The van der Waals surface area contributed by atoms with Crippen LogP contribution in [0.2, 0.25) is 0 Å². The van der Waals surface area contributed by atoms with Crippen LogP contribution in [0.3, 0.4) is 0 Å². The Morgan fingerprint density at radius 3 is 2.54 bits per heavy atom. The highest BCUT2D eigenvalue weighted by atomic mass is 32.2. The van der Waals surface area contributed by atoms with E-state index in [0.717, 1.165) is 11.1 Å². The van der Waals surface area contributed by atoms with Crippen LogP contribution in [0.5, 0.6) is 0 Å². The Balaban J connectivity index is 1.60. The first-order valence-electron chi connectivity index (χ1n) is 9.39. The van der Waals surface area contributed by atoms with Crippen molar-refractivity contribution in [3.05, 3.63) is 29.3 Å². The Labute approximate surface area is 166 Å². The Hall–Kier alpha value is -1.99. The predicted molar refractivity (Wildman–Crippen MR) is 103 cm³/mol. The summed E-state index contributed by atoms with van der Waals surface area (Å²) in [5, 5.41) is 9.18. The quantitative estimate of drug-likeness (QED) is 0.717. The van der Waals surface area contributed by atoms with Crippen LogP contribution < -0.4 is 0 Å². The van der Waals surface area contributed by atoms with E-state index in [-0.39, 0.29) is 25.5 Å². The second-order valence-electron chi connectivity index (χ2n) is 7.22. The lowest BCUT2D eigenvalue weighted by atomic mass is 10.1. The summed E-state index contributed by atoms with van der Waals surface area (Å²) in [7, 11) is -3.56. The number of nitriles is 1. The zero-order valence-electron chi connectivity index (χ0n) is 16.3. The van der Waals surface area contributed by atoms with Gasteiger partial charge in [-0.15, -0.1) is 0 Å². The van der Waals surface area contributed by atoms with Gasteiger partial charge in [0.2, 0.25) is 15.9 Å². The van der Waals surface area contributed by atoms with Crippen molar-refractivity contribution in [3.63, 3.8) is 0 Å². The van der Waals surface area contributed by atoms with Crippen LogP contribution in [0.1, 0.15) is 11.1 Å². The van der Waals surface area contributed by atoms with Gasteiger partial charge in [-0.2, -0.15) is 9.57 Å². The molecule has 0 N–H and O–H groups in total. The number of benzene rings is 1. The van der Waals surface area contributed by atoms with Crippen LogP contribution in [0.15, 0.2) is 23.1 Å². The summed E-state index contributed by atoms with van der Waals surface area (Å²) in [6, 6.07) is 6.89. The number of sulfonamides is 1. The number of hydrogen-bond acceptors (Lipinski definition) is 6. The molecule has 2 aliphatic heterocycles. The third kappa shape index (κ3) is 4.36. The minimum absolute atomic E-state index is 0.0784. The highest BCUT2D eigenvalue weighted by Crippen LogP contribution is 2.20. The number of piperazine rings is 1. The molecule has 1 aromatic carbocycles. The maximum Gasteiger partial charge on any atom is 0.243 e. The van der Waals surface area contributed by atoms with Gasteiger partial charge in [0, 0.05) is 32.7 Å². The number of nitrogens with zero attached hydrogens (tertiary/aromatic N) is 4. The molecule has 152 valence electrons. The summed E-state index contributed by atoms with van der Waals surface area (Å²) in [4.78, 5) is 16.4. The maximum atomic E-state index is 12.9. The number of amides is 1. The number of ether oxygens (including phenoxy) is 1. The van der Waals surface area contributed by atoms with E-state index in [2.05, 4.69) is 6.07 Å². The van der Waals surface area contributed by atoms with Gasteiger partial charge in [0.15, 0.2) is 0 Å². The third-order valence-corrected chi connectivity index (χ3v) is 7.33. The minimum Gasteiger partial charge on any atom is -0.377 e. The maximum absolute atomic E-state index is 12.9. The van der Waals surface area contributed by atoms with Gasteiger partial charge in [-0.3, -0.25) is 9.69 Å². The van der Waals surface area contributed by atoms with Crippen molar-refractivity contribution < 1.29 is 17.9 Å². The van der Waals surface area contributed by atoms with Gasteiger partial charge in [0.05, 0.1) is 30.7 Å². The monoisotopic (exact) mass is 406 g/mol. The van der Waals surface area contributed by atoms with Crippen LogP contribution in [0.25, 0.3) is 0 Å². The van der Waals surface area contributed by atoms with E-state index in [4.69, 9.17) is 4.74 Å². The van der Waals surface area contributed by atoms with Crippen molar-refractivity contribution in [2.75, 3.05) is 52.5 Å². The first-order valence-corrected chi connectivity index (χ1v) is 10.8. The third-order valence-electron chi connectivity index (χ3n) is 5.43. The summed E-state index contributed by atoms with van der Waals surface area (Å²) in [6.45, 7) is 6.61. The number of carbonyl (C=O) groups is 1. The fourth-order valence-electron chi connectivity index (χ4n) is 3.42. The number of rotatable bonds is 4. The fraction of sp³-hybridized carbons (Fsp3) is 0.579. The molecule has 0 aliphatic carbocycles. The van der Waals surface area contributed by atoms with Crippen molar-refractivity contribution >= 4 is 15.9 Å². The van der Waals surface area contributed by atoms with Gasteiger partial charge in [0.1, 0.15) is 6.04 Å². The lowest BCUT2D eigenvalue weighted by Crippen LogP contribution is -2.54. The van der Waals surface area contributed by atoms with Gasteiger partial charge < -0.3 is 9.64 Å². The summed E-state index contributed by atoms with van der Waals surface area (Å²) in [6.07, 6.45) is 0. The smallest absolute Gasteiger partial charge is 0.243 e. The zero-order valence-corrected chi connectivity index (χ0v) is 17.1. The Kier molecular flexibility index (Phi) is 6.35. The molecular weight excluding hydrogens is 380 g/mol. The molecule has 1 amide bonds. The second kappa shape index (κ2) is 8.57. The zero-order chi connectivity index (χ0) is 20.3. The Bertz CT molecular complexity index is 872. The molecule has 28 heavy (non-hydrogen) atoms. The minimum atomic E-state index is -3.56. The predicted octanol–water partition coefficient (Wildman–Crippen LogP) is 0.361. The normalized spacial score (nSPS) is 22.0. The SMILES string of the molecule is Cc1ccc(S(=O)(=O)N2CCN(C(=O)CN3CCOC[C@H]3C#N)CC2)cc1C. The number of hydrogen-bond donors (Lipinski definition) is 0. The summed E-state index contributed by atoms with van der Waals surface area (Å²) in [5.41, 5.74) is 1.99. The second-order valence-corrected chi connectivity index (χ2v) is 9.16. The molecule has 0 aromatic heterocycles. The topological polar surface area (TPSA) is 94.0 Å². The van der Waals surface area contributed by atoms with E-state index in [1.54, 1.807) is 17.0 Å². The van der Waals surface area contributed by atoms with E-state index < -0.39 is 16.1 Å². The van der Waals surface area contributed by atoms with Crippen molar-refractivity contribution in [1.29, 1.82) is 5.26 Å². The van der Waals surface area contributed by atoms with E-state index in [1.807, 2.05) is 24.8 Å². The summed E-state index contributed by atoms with van der Waals surface area (Å²) in [5.74, 6) is -0.0784. The summed E-state index contributed by atoms with van der Waals surface area (Å²) < 4.78 is 32.5. The largest absolute Gasteiger partial charge is 0.377 e. The summed E-state index contributed by atoms with van der Waals surface area (Å²) >= 11 is 0. The van der Waals surface area contributed by atoms with Gasteiger partial charge in [-0.05, 0) is 37.1 Å². The lowest BCUT2D eigenvalue weighted by Gasteiger charge is -2.36. The molecule has 1 aromatic rings. The first kappa shape index (κ1) is 20.7. The van der Waals surface area contributed by atoms with E-state index in [9.17, 15) is 18.5 Å². The number of carbonyl (C=O) groups excluding carboxylic acids is 1. The van der Waals surface area contributed by atoms with Crippen LogP contribution in [0.4, 0.5) is 0 Å². The van der Waals surface area contributed by atoms with E-state index in [1.165, 1.54) is 4.31 Å². The average Bonchev–Trinajstić information content (AvgIpc) is 2.70. The Morgan fingerprint density at radius 2 is 1.89 bits per heavy atom. The molecule has 0 unspecified atom stereocenters. The van der Waals surface area contributed by atoms with E-state index in [0.29, 0.717) is 37.7 Å². The molecule has 2 aliphatic rings.